The molecular weight excluding hydrogens is 484 g/mol. The lowest BCUT2D eigenvalue weighted by Crippen LogP contribution is -2.42. The van der Waals surface area contributed by atoms with Gasteiger partial charge in [0.2, 0.25) is 0 Å². The van der Waals surface area contributed by atoms with Gasteiger partial charge in [-0.3, -0.25) is 9.89 Å². The van der Waals surface area contributed by atoms with Crippen LogP contribution in [0.25, 0.3) is 0 Å². The Labute approximate surface area is 182 Å². The monoisotopic (exact) mass is 514 g/mol. The molecule has 0 aromatic heterocycles. The largest absolute Gasteiger partial charge is 0.492 e. The van der Waals surface area contributed by atoms with E-state index in [1.54, 1.807) is 7.05 Å². The normalized spacial score (nSPS) is 16.4. The minimum atomic E-state index is -4.10. The van der Waals surface area contributed by atoms with Crippen LogP contribution in [0, 0.1) is 5.92 Å². The minimum Gasteiger partial charge on any atom is -0.492 e. The molecule has 1 aromatic carbocycles. The topological polar surface area (TPSA) is 48.9 Å². The van der Waals surface area contributed by atoms with Crippen molar-refractivity contribution in [1.82, 2.24) is 15.5 Å². The second-order valence-corrected chi connectivity index (χ2v) is 6.71. The van der Waals surface area contributed by atoms with Gasteiger partial charge in [-0.1, -0.05) is 18.2 Å². The van der Waals surface area contributed by atoms with Gasteiger partial charge in [0.15, 0.2) is 5.96 Å². The third-order valence-electron chi connectivity index (χ3n) is 4.59. The summed E-state index contributed by atoms with van der Waals surface area (Å²) in [5.41, 5.74) is 0. The summed E-state index contributed by atoms with van der Waals surface area (Å²) in [6.07, 6.45) is -1.54. The number of nitrogens with zero attached hydrogens (tertiary/aromatic N) is 2. The van der Waals surface area contributed by atoms with Gasteiger partial charge in [-0.25, -0.2) is 0 Å². The molecule has 0 atom stereocenters. The molecule has 1 aliphatic rings. The first-order chi connectivity index (χ1) is 13.0. The van der Waals surface area contributed by atoms with Crippen LogP contribution in [0.1, 0.15) is 19.3 Å². The average Bonchev–Trinajstić information content (AvgIpc) is 2.64. The van der Waals surface area contributed by atoms with Crippen molar-refractivity contribution in [2.45, 2.75) is 25.4 Å². The number of hydrogen-bond acceptors (Lipinski definition) is 3. The average molecular weight is 514 g/mol. The zero-order valence-electron chi connectivity index (χ0n) is 16.2. The Hall–Kier alpha value is -1.23. The highest BCUT2D eigenvalue weighted by molar-refractivity contribution is 14.0. The van der Waals surface area contributed by atoms with Gasteiger partial charge in [0.1, 0.15) is 12.4 Å². The summed E-state index contributed by atoms with van der Waals surface area (Å²) in [6, 6.07) is 9.62. The second-order valence-electron chi connectivity index (χ2n) is 6.71. The highest BCUT2D eigenvalue weighted by Crippen LogP contribution is 2.23. The minimum absolute atomic E-state index is 0. The van der Waals surface area contributed by atoms with Crippen LogP contribution in [-0.2, 0) is 0 Å². The van der Waals surface area contributed by atoms with Crippen LogP contribution in [0.5, 0.6) is 5.75 Å². The number of rotatable bonds is 8. The van der Waals surface area contributed by atoms with E-state index in [-0.39, 0.29) is 24.0 Å². The molecule has 2 rings (SSSR count). The number of guanidine groups is 1. The number of alkyl halides is 3. The number of ether oxygens (including phenoxy) is 1. The molecule has 1 aliphatic heterocycles. The van der Waals surface area contributed by atoms with Crippen molar-refractivity contribution < 1.29 is 17.9 Å². The smallest absolute Gasteiger partial charge is 0.401 e. The molecule has 2 N–H and O–H groups in total. The molecule has 0 aliphatic carbocycles. The fourth-order valence-electron chi connectivity index (χ4n) is 3.16. The molecule has 0 unspecified atom stereocenters. The fourth-order valence-corrected chi connectivity index (χ4v) is 3.16. The molecule has 5 nitrogen and oxygen atoms in total. The molecule has 1 fully saturated rings. The van der Waals surface area contributed by atoms with Gasteiger partial charge in [-0.15, -0.1) is 24.0 Å². The Balaban J connectivity index is 0.00000392. The molecule has 160 valence electrons. The van der Waals surface area contributed by atoms with E-state index < -0.39 is 12.7 Å². The molecule has 9 heteroatoms. The maximum Gasteiger partial charge on any atom is 0.401 e. The number of aliphatic imine (C=N–C) groups is 1. The summed E-state index contributed by atoms with van der Waals surface area (Å²) in [6.45, 7) is 2.16. The van der Waals surface area contributed by atoms with Crippen LogP contribution < -0.4 is 15.4 Å². The van der Waals surface area contributed by atoms with Crippen molar-refractivity contribution in [3.05, 3.63) is 30.3 Å². The van der Waals surface area contributed by atoms with Crippen LogP contribution in [0.4, 0.5) is 13.2 Å². The van der Waals surface area contributed by atoms with Crippen LogP contribution in [0.3, 0.4) is 0 Å². The number of benzene rings is 1. The van der Waals surface area contributed by atoms with E-state index >= 15 is 0 Å². The fraction of sp³-hybridized carbons (Fsp3) is 0.632. The van der Waals surface area contributed by atoms with E-state index in [4.69, 9.17) is 4.74 Å². The second kappa shape index (κ2) is 13.1. The lowest BCUT2D eigenvalue weighted by atomic mass is 9.93. The molecule has 0 bridgehead atoms. The lowest BCUT2D eigenvalue weighted by Gasteiger charge is -2.32. The van der Waals surface area contributed by atoms with Crippen molar-refractivity contribution >= 4 is 29.9 Å². The molecule has 0 saturated carbocycles. The standard InChI is InChI=1S/C19H29F3N4O.HI/c1-23-18(25-11-14-27-17-5-3-2-4-6-17)24-10-7-16-8-12-26(13-9-16)15-19(20,21)22;/h2-6,16H,7-15H2,1H3,(H2,23,24,25);1H. The van der Waals surface area contributed by atoms with Gasteiger partial charge in [0, 0.05) is 13.6 Å². The number of nitrogens with one attached hydrogen (secondary N) is 2. The third kappa shape index (κ3) is 10.4. The first-order valence-corrected chi connectivity index (χ1v) is 9.38. The highest BCUT2D eigenvalue weighted by atomic mass is 127. The molecule has 1 heterocycles. The summed E-state index contributed by atoms with van der Waals surface area (Å²) < 4.78 is 42.8. The SMILES string of the molecule is CN=C(NCCOc1ccccc1)NCCC1CCN(CC(F)(F)F)CC1.I. The summed E-state index contributed by atoms with van der Waals surface area (Å²) >= 11 is 0. The predicted molar refractivity (Wildman–Crippen MR) is 117 cm³/mol. The third-order valence-corrected chi connectivity index (χ3v) is 4.59. The summed E-state index contributed by atoms with van der Waals surface area (Å²) in [7, 11) is 1.71. The zero-order valence-corrected chi connectivity index (χ0v) is 18.5. The summed E-state index contributed by atoms with van der Waals surface area (Å²) in [5.74, 6) is 2.00. The molecule has 28 heavy (non-hydrogen) atoms. The van der Waals surface area contributed by atoms with E-state index in [0.29, 0.717) is 38.1 Å². The number of hydrogen-bond donors (Lipinski definition) is 2. The molecule has 0 radical (unpaired) electrons. The van der Waals surface area contributed by atoms with Crippen molar-refractivity contribution in [3.63, 3.8) is 0 Å². The molecule has 0 amide bonds. The van der Waals surface area contributed by atoms with Crippen molar-refractivity contribution in [1.29, 1.82) is 0 Å². The molecule has 1 aromatic rings. The Kier molecular flexibility index (Phi) is 11.6. The van der Waals surface area contributed by atoms with Gasteiger partial charge < -0.3 is 15.4 Å². The lowest BCUT2D eigenvalue weighted by molar-refractivity contribution is -0.148. The van der Waals surface area contributed by atoms with Gasteiger partial charge in [-0.2, -0.15) is 13.2 Å². The van der Waals surface area contributed by atoms with Crippen LogP contribution in [-0.4, -0.2) is 63.4 Å². The maximum atomic E-state index is 12.4. The Morgan fingerprint density at radius 1 is 1.14 bits per heavy atom. The number of para-hydroxylation sites is 1. The van der Waals surface area contributed by atoms with Crippen LogP contribution in [0.2, 0.25) is 0 Å². The number of halogens is 4. The quantitative estimate of drug-likeness (QED) is 0.241. The Morgan fingerprint density at radius 3 is 2.39 bits per heavy atom. The first kappa shape index (κ1) is 24.8. The van der Waals surface area contributed by atoms with Gasteiger partial charge in [-0.05, 0) is 50.4 Å². The zero-order chi connectivity index (χ0) is 19.5. The van der Waals surface area contributed by atoms with Crippen molar-refractivity contribution in [2.75, 3.05) is 46.4 Å². The van der Waals surface area contributed by atoms with Gasteiger partial charge >= 0.3 is 6.18 Å². The Morgan fingerprint density at radius 2 is 1.79 bits per heavy atom. The van der Waals surface area contributed by atoms with Gasteiger partial charge in [0.05, 0.1) is 13.1 Å². The van der Waals surface area contributed by atoms with E-state index in [0.717, 1.165) is 31.6 Å². The van der Waals surface area contributed by atoms with E-state index in [1.807, 2.05) is 30.3 Å². The molecule has 0 spiro atoms. The highest BCUT2D eigenvalue weighted by Gasteiger charge is 2.32. The van der Waals surface area contributed by atoms with E-state index in [1.165, 1.54) is 4.90 Å². The van der Waals surface area contributed by atoms with Crippen LogP contribution in [0.15, 0.2) is 35.3 Å². The summed E-state index contributed by atoms with van der Waals surface area (Å²) in [4.78, 5) is 5.67. The van der Waals surface area contributed by atoms with Crippen LogP contribution >= 0.6 is 24.0 Å². The molecular formula is C19H30F3IN4O. The van der Waals surface area contributed by atoms with E-state index in [9.17, 15) is 13.2 Å². The Bertz CT molecular complexity index is 564. The van der Waals surface area contributed by atoms with Gasteiger partial charge in [0.25, 0.3) is 0 Å². The molecule has 1 saturated heterocycles. The number of piperidine rings is 1. The predicted octanol–water partition coefficient (Wildman–Crippen LogP) is 3.51. The summed E-state index contributed by atoms with van der Waals surface area (Å²) in [5, 5.41) is 6.45. The number of likely N-dealkylation sites (tertiary alicyclic amines) is 1. The van der Waals surface area contributed by atoms with Crippen molar-refractivity contribution in [2.24, 2.45) is 10.9 Å². The van der Waals surface area contributed by atoms with Crippen molar-refractivity contribution in [3.8, 4) is 5.75 Å². The first-order valence-electron chi connectivity index (χ1n) is 9.38. The maximum absolute atomic E-state index is 12.4. The van der Waals surface area contributed by atoms with E-state index in [2.05, 4.69) is 15.6 Å².